The lowest BCUT2D eigenvalue weighted by Gasteiger charge is -2.44. The standard InChI is InChI=1S/C49H29N3S.C46H28N2S.C42H24N2OS/c1-2-14-30(15-3-1)46-35-26-27-43-45(36-28-31-16-4-5-17-32(31)29-44(36)53-43)47(35)51-48(50-46)52-41-24-12-10-22-39(41)49(40-23-11-13-25-42(40)52)37-20-8-6-18-33(37)34-19-7-9-21-38(34)49;1-2-9-29(10-3-1)35-14-8-15-36(27-35)31-17-20-33(21-18-31)46-47-43(37-22-19-30-11-4-5-13-34(30)28-37)40-25-26-41-42(44(40)48-46)39-24-23-32-12-6-7-16-38(32)45(39)49-41;1-2-9-25(10-3-1)40-32-18-20-37-39(34-23-27-11-4-5-12-28(27)24-38(34)46-37)41(32)44-42(43-40)30-14-8-13-26(21-30)29-17-19-36-33(22-29)31-15-6-7-16-35(31)45-36/h1-29H;1-28H;1-24H. The second-order valence-electron chi connectivity index (χ2n) is 38.4. The van der Waals surface area contributed by atoms with Crippen molar-refractivity contribution in [3.8, 4) is 101 Å². The minimum absolute atomic E-state index is 0.492. The maximum absolute atomic E-state index is 6.10. The number of benzene rings is 23. The summed E-state index contributed by atoms with van der Waals surface area (Å²) in [6, 6.07) is 176. The lowest BCUT2D eigenvalue weighted by molar-refractivity contribution is 0.669. The van der Waals surface area contributed by atoms with Gasteiger partial charge >= 0.3 is 0 Å². The second kappa shape index (κ2) is 34.3. The Kier molecular flexibility index (Phi) is 19.7. The van der Waals surface area contributed by atoms with Crippen molar-refractivity contribution in [2.75, 3.05) is 4.90 Å². The van der Waals surface area contributed by atoms with Crippen molar-refractivity contribution in [3.63, 3.8) is 0 Å². The Hall–Kier alpha value is -18.6. The molecule has 0 saturated carbocycles. The monoisotopic (exact) mass is 1940 g/mol. The summed E-state index contributed by atoms with van der Waals surface area (Å²) in [5.41, 5.74) is 29.1. The molecule has 8 heterocycles. The molecule has 8 nitrogen and oxygen atoms in total. The molecule has 0 amide bonds. The van der Waals surface area contributed by atoms with E-state index in [1.165, 1.54) is 154 Å². The fourth-order valence-electron chi connectivity index (χ4n) is 23.3. The van der Waals surface area contributed by atoms with Crippen molar-refractivity contribution in [2.24, 2.45) is 0 Å². The predicted molar refractivity (Wildman–Crippen MR) is 624 cm³/mol. The quantitative estimate of drug-likeness (QED) is 0.141. The molecule has 7 aromatic heterocycles. The van der Waals surface area contributed by atoms with E-state index in [0.29, 0.717) is 5.95 Å². The van der Waals surface area contributed by atoms with Crippen LogP contribution in [0, 0.1) is 0 Å². The normalized spacial score (nSPS) is 12.5. The first-order valence-electron chi connectivity index (χ1n) is 50.1. The highest BCUT2D eigenvalue weighted by Crippen LogP contribution is 2.64. The summed E-state index contributed by atoms with van der Waals surface area (Å²) >= 11 is 5.52. The van der Waals surface area contributed by atoms with E-state index in [0.717, 1.165) is 139 Å². The Morgan fingerprint density at radius 3 is 1.18 bits per heavy atom. The number of hydrogen-bond donors (Lipinski definition) is 0. The van der Waals surface area contributed by atoms with E-state index >= 15 is 0 Å². The zero-order valence-corrected chi connectivity index (χ0v) is 82.0. The number of anilines is 3. The van der Waals surface area contributed by atoms with Crippen LogP contribution in [-0.4, -0.2) is 29.9 Å². The number of hydrogen-bond acceptors (Lipinski definition) is 11. The number of rotatable bonds is 9. The number of fused-ring (bicyclic) bond motifs is 32. The molecule has 0 atom stereocenters. The molecule has 1 aliphatic carbocycles. The Morgan fingerprint density at radius 1 is 0.196 bits per heavy atom. The van der Waals surface area contributed by atoms with Crippen LogP contribution in [0.5, 0.6) is 0 Å². The highest BCUT2D eigenvalue weighted by molar-refractivity contribution is 7.27. The zero-order valence-electron chi connectivity index (χ0n) is 79.5. The third kappa shape index (κ3) is 13.8. The first-order chi connectivity index (χ1) is 73.3. The van der Waals surface area contributed by atoms with Gasteiger partial charge in [-0.15, -0.1) is 34.0 Å². The van der Waals surface area contributed by atoms with Crippen LogP contribution in [0.25, 0.3) is 259 Å². The van der Waals surface area contributed by atoms with Crippen molar-refractivity contribution in [2.45, 2.75) is 5.41 Å². The summed E-state index contributed by atoms with van der Waals surface area (Å²) in [6.07, 6.45) is 0. The first-order valence-corrected chi connectivity index (χ1v) is 52.5. The highest BCUT2D eigenvalue weighted by Gasteiger charge is 2.52. The van der Waals surface area contributed by atoms with Crippen LogP contribution in [0.2, 0.25) is 0 Å². The van der Waals surface area contributed by atoms with Crippen molar-refractivity contribution >= 4 is 210 Å². The maximum atomic E-state index is 6.10. The van der Waals surface area contributed by atoms with Gasteiger partial charge in [-0.2, -0.15) is 0 Å². The number of thiophene rings is 3. The van der Waals surface area contributed by atoms with Crippen LogP contribution >= 0.6 is 34.0 Å². The molecular formula is C137H81N7OS3. The summed E-state index contributed by atoms with van der Waals surface area (Å²) < 4.78 is 13.6. The van der Waals surface area contributed by atoms with Gasteiger partial charge in [0.2, 0.25) is 5.95 Å². The van der Waals surface area contributed by atoms with Crippen molar-refractivity contribution in [3.05, 3.63) is 514 Å². The molecule has 148 heavy (non-hydrogen) atoms. The third-order valence-corrected chi connectivity index (χ3v) is 33.6. The van der Waals surface area contributed by atoms with E-state index < -0.39 is 5.41 Å². The summed E-state index contributed by atoms with van der Waals surface area (Å²) in [5.74, 6) is 2.11. The molecular weight excluding hydrogens is 1860 g/mol. The molecule has 30 aromatic rings. The molecule has 11 heteroatoms. The minimum Gasteiger partial charge on any atom is -0.456 e. The molecule has 32 rings (SSSR count). The van der Waals surface area contributed by atoms with Gasteiger partial charge in [0.1, 0.15) is 11.2 Å². The van der Waals surface area contributed by atoms with Crippen LogP contribution < -0.4 is 4.90 Å². The predicted octanol–water partition coefficient (Wildman–Crippen LogP) is 38.0. The van der Waals surface area contributed by atoms with Gasteiger partial charge in [-0.05, 0) is 219 Å². The number of nitrogens with zero attached hydrogens (tertiary/aromatic N) is 7. The van der Waals surface area contributed by atoms with Crippen molar-refractivity contribution in [1.29, 1.82) is 0 Å². The topological polar surface area (TPSA) is 93.7 Å². The molecule has 0 N–H and O–H groups in total. The average molecular weight is 1940 g/mol. The summed E-state index contributed by atoms with van der Waals surface area (Å²) in [7, 11) is 0. The first kappa shape index (κ1) is 85.0. The van der Waals surface area contributed by atoms with Crippen LogP contribution in [0.4, 0.5) is 17.3 Å². The van der Waals surface area contributed by atoms with Gasteiger partial charge in [-0.1, -0.05) is 382 Å². The van der Waals surface area contributed by atoms with Crippen LogP contribution in [0.15, 0.2) is 496 Å². The van der Waals surface area contributed by atoms with Gasteiger partial charge in [0, 0.05) is 115 Å². The summed E-state index contributed by atoms with van der Waals surface area (Å²) in [4.78, 5) is 34.8. The fourth-order valence-corrected chi connectivity index (χ4v) is 26.9. The Labute approximate surface area is 862 Å². The van der Waals surface area contributed by atoms with Gasteiger partial charge in [-0.25, -0.2) is 29.9 Å². The average Bonchev–Trinajstić information content (AvgIpc) is 1.50. The van der Waals surface area contributed by atoms with E-state index in [1.54, 1.807) is 0 Å². The van der Waals surface area contributed by atoms with E-state index in [4.69, 9.17) is 34.3 Å². The Morgan fingerprint density at radius 2 is 0.581 bits per heavy atom. The van der Waals surface area contributed by atoms with E-state index in [2.05, 4.69) is 478 Å². The second-order valence-corrected chi connectivity index (χ2v) is 41.7. The zero-order chi connectivity index (χ0) is 97.2. The number of para-hydroxylation sites is 3. The fraction of sp³-hybridized carbons (Fsp3) is 0.00730. The SMILES string of the molecule is c1ccc(-c2cccc(-c3ccc(-c4nc(-c5ccc6ccccc6c5)c5ccc6sc7c8ccccc8ccc7c6c5n4)cc3)c2)cc1.c1ccc(-c2nc(-c3cccc(-c4ccc5oc6ccccc6c5c4)c3)nc3c2ccc2sc4cc5ccccc5cc4c23)cc1.c1ccc(-c2nc(N3c4ccccc4C4(c5ccccc5-c5ccccc54)c4ccccc43)nc3c2ccc2sc4cc5ccccc5cc4c23)cc1. The highest BCUT2D eigenvalue weighted by atomic mass is 32.1. The van der Waals surface area contributed by atoms with Crippen LogP contribution in [0.1, 0.15) is 22.3 Å². The van der Waals surface area contributed by atoms with Crippen molar-refractivity contribution in [1.82, 2.24) is 29.9 Å². The van der Waals surface area contributed by atoms with Crippen LogP contribution in [-0.2, 0) is 5.41 Å². The van der Waals surface area contributed by atoms with Gasteiger partial charge in [0.15, 0.2) is 11.6 Å². The minimum atomic E-state index is -0.492. The largest absolute Gasteiger partial charge is 0.456 e. The molecule has 0 fully saturated rings. The van der Waals surface area contributed by atoms with E-state index in [-0.39, 0.29) is 0 Å². The summed E-state index contributed by atoms with van der Waals surface area (Å²) in [6.45, 7) is 0. The lowest BCUT2D eigenvalue weighted by Crippen LogP contribution is -2.36. The lowest BCUT2D eigenvalue weighted by atomic mass is 9.65. The molecule has 23 aromatic carbocycles. The Balaban J connectivity index is 0.000000103. The number of aromatic nitrogens is 6. The number of furan rings is 1. The van der Waals surface area contributed by atoms with Gasteiger partial charge in [0.05, 0.1) is 50.4 Å². The molecule has 688 valence electrons. The molecule has 0 radical (unpaired) electrons. The van der Waals surface area contributed by atoms with Crippen LogP contribution in [0.3, 0.4) is 0 Å². The van der Waals surface area contributed by atoms with E-state index in [9.17, 15) is 0 Å². The van der Waals surface area contributed by atoms with Gasteiger partial charge in [-0.3, -0.25) is 4.90 Å². The third-order valence-electron chi connectivity index (χ3n) is 30.2. The molecule has 2 aliphatic rings. The molecule has 0 unspecified atom stereocenters. The molecule has 0 saturated heterocycles. The van der Waals surface area contributed by atoms with Gasteiger partial charge < -0.3 is 4.42 Å². The molecule has 1 spiro atoms. The Bertz CT molecular complexity index is 10700. The molecule has 0 bridgehead atoms. The smallest absolute Gasteiger partial charge is 0.235 e. The maximum Gasteiger partial charge on any atom is 0.235 e. The van der Waals surface area contributed by atoms with Gasteiger partial charge in [0.25, 0.3) is 0 Å². The van der Waals surface area contributed by atoms with E-state index in [1.807, 2.05) is 52.2 Å². The summed E-state index contributed by atoms with van der Waals surface area (Å²) in [5, 5.41) is 22.6. The molecule has 1 aliphatic heterocycles. The van der Waals surface area contributed by atoms with Crippen molar-refractivity contribution < 1.29 is 4.42 Å².